The SMILES string of the molecule is CN(C)c1ccc(C=C(C#N)c2ccc(F)cc2Cl)cc1. The van der Waals surface area contributed by atoms with Gasteiger partial charge in [0, 0.05) is 25.3 Å². The van der Waals surface area contributed by atoms with Crippen LogP contribution in [0.5, 0.6) is 0 Å². The van der Waals surface area contributed by atoms with Crippen LogP contribution in [0.2, 0.25) is 5.02 Å². The lowest BCUT2D eigenvalue weighted by Crippen LogP contribution is -2.07. The van der Waals surface area contributed by atoms with Gasteiger partial charge in [0.05, 0.1) is 16.7 Å². The summed E-state index contributed by atoms with van der Waals surface area (Å²) < 4.78 is 13.1. The molecule has 0 aliphatic heterocycles. The van der Waals surface area contributed by atoms with Crippen LogP contribution >= 0.6 is 11.6 Å². The second kappa shape index (κ2) is 6.43. The summed E-state index contributed by atoms with van der Waals surface area (Å²) in [6.45, 7) is 0. The summed E-state index contributed by atoms with van der Waals surface area (Å²) in [5.41, 5.74) is 2.89. The van der Waals surface area contributed by atoms with E-state index in [4.69, 9.17) is 11.6 Å². The molecule has 0 N–H and O–H groups in total. The van der Waals surface area contributed by atoms with E-state index in [9.17, 15) is 9.65 Å². The van der Waals surface area contributed by atoms with Gasteiger partial charge >= 0.3 is 0 Å². The third-order valence-corrected chi connectivity index (χ3v) is 3.37. The van der Waals surface area contributed by atoms with Crippen molar-refractivity contribution in [2.24, 2.45) is 0 Å². The van der Waals surface area contributed by atoms with E-state index in [0.29, 0.717) is 11.1 Å². The number of nitriles is 1. The van der Waals surface area contributed by atoms with E-state index in [-0.39, 0.29) is 5.02 Å². The summed E-state index contributed by atoms with van der Waals surface area (Å²) in [7, 11) is 3.92. The van der Waals surface area contributed by atoms with Crippen molar-refractivity contribution in [2.75, 3.05) is 19.0 Å². The monoisotopic (exact) mass is 300 g/mol. The highest BCUT2D eigenvalue weighted by Crippen LogP contribution is 2.26. The number of rotatable bonds is 3. The first-order valence-electron chi connectivity index (χ1n) is 6.36. The molecule has 0 spiro atoms. The van der Waals surface area contributed by atoms with Crippen LogP contribution < -0.4 is 4.90 Å². The zero-order valence-corrected chi connectivity index (χ0v) is 12.5. The first-order chi connectivity index (χ1) is 10.0. The lowest BCUT2D eigenvalue weighted by atomic mass is 10.0. The fourth-order valence-electron chi connectivity index (χ4n) is 1.91. The minimum atomic E-state index is -0.420. The van der Waals surface area contributed by atoms with Crippen LogP contribution in [0.1, 0.15) is 11.1 Å². The van der Waals surface area contributed by atoms with Crippen molar-refractivity contribution in [3.05, 3.63) is 64.4 Å². The molecule has 2 nitrogen and oxygen atoms in total. The molecule has 0 aromatic heterocycles. The number of anilines is 1. The maximum Gasteiger partial charge on any atom is 0.124 e. The van der Waals surface area contributed by atoms with Gasteiger partial charge in [0.25, 0.3) is 0 Å². The fraction of sp³-hybridized carbons (Fsp3) is 0.118. The zero-order valence-electron chi connectivity index (χ0n) is 11.8. The highest BCUT2D eigenvalue weighted by molar-refractivity contribution is 6.32. The highest BCUT2D eigenvalue weighted by atomic mass is 35.5. The molecule has 0 radical (unpaired) electrons. The molecule has 2 aromatic carbocycles. The standard InChI is InChI=1S/C17H14ClFN2/c1-21(2)15-6-3-12(4-7-15)9-13(11-20)16-8-5-14(19)10-17(16)18/h3-10H,1-2H3. The van der Waals surface area contributed by atoms with Crippen molar-refractivity contribution >= 4 is 28.9 Å². The lowest BCUT2D eigenvalue weighted by molar-refractivity contribution is 0.628. The Kier molecular flexibility index (Phi) is 4.62. The van der Waals surface area contributed by atoms with Gasteiger partial charge in [0.1, 0.15) is 5.82 Å². The molecule has 0 aliphatic rings. The number of benzene rings is 2. The molecular weight excluding hydrogens is 287 g/mol. The van der Waals surface area contributed by atoms with Gasteiger partial charge in [-0.25, -0.2) is 4.39 Å². The topological polar surface area (TPSA) is 27.0 Å². The summed E-state index contributed by atoms with van der Waals surface area (Å²) in [5.74, 6) is -0.420. The van der Waals surface area contributed by atoms with Crippen molar-refractivity contribution < 1.29 is 4.39 Å². The van der Waals surface area contributed by atoms with Gasteiger partial charge in [0.15, 0.2) is 0 Å². The van der Waals surface area contributed by atoms with Crippen molar-refractivity contribution in [3.63, 3.8) is 0 Å². The maximum absolute atomic E-state index is 13.1. The van der Waals surface area contributed by atoms with Crippen LogP contribution in [0.25, 0.3) is 11.6 Å². The predicted octanol–water partition coefficient (Wildman–Crippen LogP) is 4.61. The molecule has 21 heavy (non-hydrogen) atoms. The highest BCUT2D eigenvalue weighted by Gasteiger charge is 2.07. The van der Waals surface area contributed by atoms with Gasteiger partial charge in [-0.2, -0.15) is 5.26 Å². The molecule has 0 unspecified atom stereocenters. The summed E-state index contributed by atoms with van der Waals surface area (Å²) in [5, 5.41) is 9.53. The minimum Gasteiger partial charge on any atom is -0.378 e. The van der Waals surface area contributed by atoms with E-state index < -0.39 is 5.82 Å². The van der Waals surface area contributed by atoms with Gasteiger partial charge in [-0.1, -0.05) is 23.7 Å². The van der Waals surface area contributed by atoms with Gasteiger partial charge in [-0.15, -0.1) is 0 Å². The quantitative estimate of drug-likeness (QED) is 0.611. The third-order valence-electron chi connectivity index (χ3n) is 3.06. The molecule has 0 fully saturated rings. The summed E-state index contributed by atoms with van der Waals surface area (Å²) in [4.78, 5) is 2.00. The Morgan fingerprint density at radius 2 is 1.86 bits per heavy atom. The molecule has 0 bridgehead atoms. The predicted molar refractivity (Wildman–Crippen MR) is 85.7 cm³/mol. The van der Waals surface area contributed by atoms with Crippen LogP contribution in [-0.2, 0) is 0 Å². The van der Waals surface area contributed by atoms with Gasteiger partial charge < -0.3 is 4.90 Å². The van der Waals surface area contributed by atoms with E-state index in [1.807, 2.05) is 43.3 Å². The van der Waals surface area contributed by atoms with E-state index in [2.05, 4.69) is 6.07 Å². The molecule has 0 atom stereocenters. The van der Waals surface area contributed by atoms with E-state index in [1.165, 1.54) is 18.2 Å². The van der Waals surface area contributed by atoms with Crippen molar-refractivity contribution in [1.82, 2.24) is 0 Å². The zero-order chi connectivity index (χ0) is 15.4. The molecule has 0 saturated heterocycles. The fourth-order valence-corrected chi connectivity index (χ4v) is 2.18. The number of hydrogen-bond acceptors (Lipinski definition) is 2. The van der Waals surface area contributed by atoms with E-state index in [0.717, 1.165) is 11.3 Å². The molecule has 106 valence electrons. The minimum absolute atomic E-state index is 0.229. The summed E-state index contributed by atoms with van der Waals surface area (Å²) in [6, 6.07) is 13.9. The molecule has 0 aliphatic carbocycles. The Morgan fingerprint density at radius 1 is 1.19 bits per heavy atom. The third kappa shape index (κ3) is 3.62. The Hall–Kier alpha value is -2.31. The van der Waals surface area contributed by atoms with Gasteiger partial charge in [0.2, 0.25) is 0 Å². The number of nitrogens with zero attached hydrogens (tertiary/aromatic N) is 2. The van der Waals surface area contributed by atoms with Crippen LogP contribution in [0, 0.1) is 17.1 Å². The largest absolute Gasteiger partial charge is 0.378 e. The number of halogens is 2. The first-order valence-corrected chi connectivity index (χ1v) is 6.73. The Balaban J connectivity index is 2.39. The molecule has 0 amide bonds. The average molecular weight is 301 g/mol. The summed E-state index contributed by atoms with van der Waals surface area (Å²) in [6.07, 6.45) is 1.73. The van der Waals surface area contributed by atoms with Crippen LogP contribution in [0.4, 0.5) is 10.1 Å². The van der Waals surface area contributed by atoms with Crippen molar-refractivity contribution in [3.8, 4) is 6.07 Å². The van der Waals surface area contributed by atoms with E-state index in [1.54, 1.807) is 6.08 Å². The Bertz CT molecular complexity index is 713. The number of hydrogen-bond donors (Lipinski definition) is 0. The first kappa shape index (κ1) is 15.1. The van der Waals surface area contributed by atoms with Crippen LogP contribution in [0.3, 0.4) is 0 Å². The molecule has 0 heterocycles. The van der Waals surface area contributed by atoms with Gasteiger partial charge in [-0.05, 0) is 42.0 Å². The molecule has 2 aromatic rings. The molecule has 0 saturated carbocycles. The average Bonchev–Trinajstić information content (AvgIpc) is 2.46. The lowest BCUT2D eigenvalue weighted by Gasteiger charge is -2.12. The molecular formula is C17H14ClFN2. The Morgan fingerprint density at radius 3 is 2.38 bits per heavy atom. The molecule has 2 rings (SSSR count). The smallest absolute Gasteiger partial charge is 0.124 e. The van der Waals surface area contributed by atoms with Crippen molar-refractivity contribution in [1.29, 1.82) is 5.26 Å². The van der Waals surface area contributed by atoms with Crippen LogP contribution in [-0.4, -0.2) is 14.1 Å². The second-order valence-corrected chi connectivity index (χ2v) is 5.19. The second-order valence-electron chi connectivity index (χ2n) is 4.78. The molecule has 4 heteroatoms. The van der Waals surface area contributed by atoms with E-state index >= 15 is 0 Å². The summed E-state index contributed by atoms with van der Waals surface area (Å²) >= 11 is 6.00. The van der Waals surface area contributed by atoms with Crippen LogP contribution in [0.15, 0.2) is 42.5 Å². The Labute approximate surface area is 128 Å². The number of allylic oxidation sites excluding steroid dienone is 1. The normalized spacial score (nSPS) is 11.1. The van der Waals surface area contributed by atoms with Crippen molar-refractivity contribution in [2.45, 2.75) is 0 Å². The maximum atomic E-state index is 13.1. The van der Waals surface area contributed by atoms with Gasteiger partial charge in [-0.3, -0.25) is 0 Å².